The second-order valence-corrected chi connectivity index (χ2v) is 6.29. The van der Waals surface area contributed by atoms with E-state index in [2.05, 4.69) is 32.7 Å². The zero-order valence-electron chi connectivity index (χ0n) is 11.8. The number of hydrogen-bond donors (Lipinski definition) is 2. The Hall–Kier alpha value is -1.71. The average Bonchev–Trinajstić information content (AvgIpc) is 2.91. The normalized spacial score (nSPS) is 12.3. The van der Waals surface area contributed by atoms with E-state index in [1.165, 1.54) is 4.68 Å². The molecule has 23 heavy (non-hydrogen) atoms. The van der Waals surface area contributed by atoms with Gasteiger partial charge in [0.05, 0.1) is 0 Å². The van der Waals surface area contributed by atoms with Crippen molar-refractivity contribution in [3.05, 3.63) is 57.0 Å². The first-order valence-corrected chi connectivity index (χ1v) is 8.23. The fraction of sp³-hybridized carbons (Fsp3) is 0.133. The van der Waals surface area contributed by atoms with Crippen LogP contribution in [0.1, 0.15) is 11.6 Å². The lowest BCUT2D eigenvalue weighted by Crippen LogP contribution is -2.32. The van der Waals surface area contributed by atoms with Crippen LogP contribution in [-0.2, 0) is 11.2 Å². The zero-order valence-corrected chi connectivity index (χ0v) is 14.7. The van der Waals surface area contributed by atoms with Crippen LogP contribution in [0, 0.1) is 3.70 Å². The fourth-order valence-electron chi connectivity index (χ4n) is 2.44. The van der Waals surface area contributed by atoms with Crippen molar-refractivity contribution in [3.8, 4) is 0 Å². The van der Waals surface area contributed by atoms with Gasteiger partial charge in [-0.15, -0.1) is 0 Å². The number of nitrogens with one attached hydrogen (secondary N) is 1. The van der Waals surface area contributed by atoms with Gasteiger partial charge in [0.2, 0.25) is 0 Å². The van der Waals surface area contributed by atoms with Gasteiger partial charge in [-0.1, -0.05) is 41.9 Å². The summed E-state index contributed by atoms with van der Waals surface area (Å²) in [6.07, 6.45) is 1.96. The Morgan fingerprint density at radius 1 is 1.35 bits per heavy atom. The molecule has 0 saturated heterocycles. The molecule has 2 aromatic heterocycles. The van der Waals surface area contributed by atoms with E-state index in [0.29, 0.717) is 15.6 Å². The number of amides is 1. The molecule has 1 amide bonds. The number of aromatic nitrogens is 3. The molecule has 1 aromatic carbocycles. The number of fused-ring (bicyclic) bond motifs is 1. The molecule has 0 aliphatic heterocycles. The maximum atomic E-state index is 12.2. The van der Waals surface area contributed by atoms with E-state index in [1.807, 2.05) is 30.3 Å². The number of carbonyl (C=O) groups is 1. The number of pyridine rings is 1. The molecule has 6 nitrogen and oxygen atoms in total. The van der Waals surface area contributed by atoms with Crippen molar-refractivity contribution < 1.29 is 10.0 Å². The van der Waals surface area contributed by atoms with E-state index >= 15 is 0 Å². The predicted molar refractivity (Wildman–Crippen MR) is 94.4 cm³/mol. The van der Waals surface area contributed by atoms with Crippen molar-refractivity contribution in [1.29, 1.82) is 0 Å². The highest BCUT2D eigenvalue weighted by atomic mass is 127. The summed E-state index contributed by atoms with van der Waals surface area (Å²) in [5.74, 6) is -0.561. The molecule has 1 atom stereocenters. The Kier molecular flexibility index (Phi) is 4.79. The van der Waals surface area contributed by atoms with Gasteiger partial charge in [-0.05, 0) is 34.2 Å². The first kappa shape index (κ1) is 16.2. The minimum atomic E-state index is -0.741. The van der Waals surface area contributed by atoms with Gasteiger partial charge in [0.25, 0.3) is 5.91 Å². The van der Waals surface area contributed by atoms with Crippen LogP contribution >= 0.6 is 34.2 Å². The predicted octanol–water partition coefficient (Wildman–Crippen LogP) is 2.98. The van der Waals surface area contributed by atoms with Gasteiger partial charge in [0, 0.05) is 18.0 Å². The Bertz CT molecular complexity index is 853. The molecule has 8 heteroatoms. The van der Waals surface area contributed by atoms with Crippen LogP contribution in [0.2, 0.25) is 5.15 Å². The summed E-state index contributed by atoms with van der Waals surface area (Å²) in [6.45, 7) is 0. The first-order valence-electron chi connectivity index (χ1n) is 6.78. The summed E-state index contributed by atoms with van der Waals surface area (Å²) in [4.78, 5) is 16.3. The summed E-state index contributed by atoms with van der Waals surface area (Å²) >= 11 is 8.28. The number of nitrogens with zero attached hydrogens (tertiary/aromatic N) is 3. The Labute approximate surface area is 150 Å². The molecule has 0 bridgehead atoms. The van der Waals surface area contributed by atoms with Crippen LogP contribution in [0.25, 0.3) is 10.9 Å². The third-order valence-corrected chi connectivity index (χ3v) is 4.58. The highest BCUT2D eigenvalue weighted by Crippen LogP contribution is 2.29. The second kappa shape index (κ2) is 6.81. The minimum absolute atomic E-state index is 0.265. The van der Waals surface area contributed by atoms with E-state index in [9.17, 15) is 4.79 Å². The van der Waals surface area contributed by atoms with Crippen LogP contribution < -0.4 is 5.48 Å². The molecular formula is C15H12ClIN4O2. The lowest BCUT2D eigenvalue weighted by molar-refractivity contribution is -0.132. The lowest BCUT2D eigenvalue weighted by atomic mass is 10.1. The van der Waals surface area contributed by atoms with E-state index in [0.717, 1.165) is 10.9 Å². The van der Waals surface area contributed by atoms with Gasteiger partial charge in [-0.25, -0.2) is 15.1 Å². The first-order chi connectivity index (χ1) is 11.1. The molecule has 0 aliphatic rings. The molecule has 3 rings (SSSR count). The van der Waals surface area contributed by atoms with Crippen LogP contribution in [0.4, 0.5) is 0 Å². The molecule has 0 spiro atoms. The van der Waals surface area contributed by atoms with Gasteiger partial charge >= 0.3 is 0 Å². The van der Waals surface area contributed by atoms with Crippen molar-refractivity contribution in [2.45, 2.75) is 12.5 Å². The topological polar surface area (TPSA) is 80.0 Å². The quantitative estimate of drug-likeness (QED) is 0.282. The third kappa shape index (κ3) is 3.17. The number of halogens is 2. The van der Waals surface area contributed by atoms with Gasteiger partial charge in [0.15, 0.2) is 5.15 Å². The van der Waals surface area contributed by atoms with Crippen LogP contribution in [0.3, 0.4) is 0 Å². The standard InChI is InChI=1S/C15H12ClIN4O2/c16-13-12-10(6-7-18-13)14(17)19-21(12)11(15(22)20-23)8-9-4-2-1-3-5-9/h1-7,11,23H,8H2,(H,20,22). The summed E-state index contributed by atoms with van der Waals surface area (Å²) in [5, 5.41) is 14.6. The molecule has 2 heterocycles. The molecule has 2 N–H and O–H groups in total. The largest absolute Gasteiger partial charge is 0.289 e. The van der Waals surface area contributed by atoms with Crippen molar-refractivity contribution in [3.63, 3.8) is 0 Å². The summed E-state index contributed by atoms with van der Waals surface area (Å²) in [6, 6.07) is 10.6. The highest BCUT2D eigenvalue weighted by Gasteiger charge is 2.26. The zero-order chi connectivity index (χ0) is 16.4. The van der Waals surface area contributed by atoms with Crippen molar-refractivity contribution in [1.82, 2.24) is 20.2 Å². The summed E-state index contributed by atoms with van der Waals surface area (Å²) in [7, 11) is 0. The van der Waals surface area contributed by atoms with Crippen LogP contribution in [-0.4, -0.2) is 25.9 Å². The van der Waals surface area contributed by atoms with Gasteiger partial charge in [-0.3, -0.25) is 10.0 Å². The fourth-order valence-corrected chi connectivity index (χ4v) is 3.35. The summed E-state index contributed by atoms with van der Waals surface area (Å²) < 4.78 is 2.23. The number of rotatable bonds is 4. The Morgan fingerprint density at radius 3 is 2.78 bits per heavy atom. The smallest absolute Gasteiger partial charge is 0.268 e. The van der Waals surface area contributed by atoms with Crippen molar-refractivity contribution in [2.24, 2.45) is 0 Å². The highest BCUT2D eigenvalue weighted by molar-refractivity contribution is 14.1. The molecule has 0 saturated carbocycles. The molecule has 1 unspecified atom stereocenters. The van der Waals surface area contributed by atoms with Crippen molar-refractivity contribution >= 4 is 51.0 Å². The molecule has 118 valence electrons. The molecular weight excluding hydrogens is 431 g/mol. The molecule has 3 aromatic rings. The average molecular weight is 443 g/mol. The minimum Gasteiger partial charge on any atom is -0.289 e. The Morgan fingerprint density at radius 2 is 2.09 bits per heavy atom. The SMILES string of the molecule is O=C(NO)C(Cc1ccccc1)n1nc(I)c2ccnc(Cl)c21. The second-order valence-electron chi connectivity index (χ2n) is 4.91. The molecule has 0 radical (unpaired) electrons. The number of benzene rings is 1. The lowest BCUT2D eigenvalue weighted by Gasteiger charge is -2.17. The van der Waals surface area contributed by atoms with E-state index in [4.69, 9.17) is 16.8 Å². The number of hydrogen-bond acceptors (Lipinski definition) is 4. The Balaban J connectivity index is 2.12. The molecule has 0 fully saturated rings. The summed E-state index contributed by atoms with van der Waals surface area (Å²) in [5.41, 5.74) is 3.23. The van der Waals surface area contributed by atoms with Crippen LogP contribution in [0.5, 0.6) is 0 Å². The number of carbonyl (C=O) groups excluding carboxylic acids is 1. The molecule has 0 aliphatic carbocycles. The van der Waals surface area contributed by atoms with Gasteiger partial charge in [-0.2, -0.15) is 5.10 Å². The van der Waals surface area contributed by atoms with E-state index in [-0.39, 0.29) is 5.15 Å². The van der Waals surface area contributed by atoms with Crippen molar-refractivity contribution in [2.75, 3.05) is 0 Å². The van der Waals surface area contributed by atoms with E-state index < -0.39 is 11.9 Å². The maximum absolute atomic E-state index is 12.2. The van der Waals surface area contributed by atoms with Gasteiger partial charge < -0.3 is 0 Å². The van der Waals surface area contributed by atoms with Gasteiger partial charge in [0.1, 0.15) is 15.3 Å². The monoisotopic (exact) mass is 442 g/mol. The van der Waals surface area contributed by atoms with Crippen LogP contribution in [0.15, 0.2) is 42.6 Å². The van der Waals surface area contributed by atoms with E-state index in [1.54, 1.807) is 17.7 Å². The third-order valence-electron chi connectivity index (χ3n) is 3.51. The maximum Gasteiger partial charge on any atom is 0.268 e. The number of hydroxylamine groups is 1.